The SMILES string of the molecule is C=CC(=O)N1CCN(C[C@@]2(O)CCC[C@@H](Nc3ncc(Cl)c(-c4c[nH]c5ccccc45)n3)C2)CC1. The van der Waals surface area contributed by atoms with Crippen LogP contribution in [0.3, 0.4) is 0 Å². The van der Waals surface area contributed by atoms with Crippen molar-refractivity contribution in [3.05, 3.63) is 54.3 Å². The molecule has 2 aromatic heterocycles. The van der Waals surface area contributed by atoms with Crippen molar-refractivity contribution in [2.75, 3.05) is 38.0 Å². The van der Waals surface area contributed by atoms with Gasteiger partial charge in [-0.3, -0.25) is 9.69 Å². The third-order valence-electron chi connectivity index (χ3n) is 7.12. The summed E-state index contributed by atoms with van der Waals surface area (Å²) in [6.07, 6.45) is 8.16. The highest BCUT2D eigenvalue weighted by Gasteiger charge is 2.37. The number of hydrogen-bond donors (Lipinski definition) is 3. The summed E-state index contributed by atoms with van der Waals surface area (Å²) in [7, 11) is 0. The third kappa shape index (κ3) is 5.19. The molecule has 5 rings (SSSR count). The number of carbonyl (C=O) groups excluding carboxylic acids is 1. The molecule has 1 aliphatic heterocycles. The molecular formula is C26H31ClN6O2. The van der Waals surface area contributed by atoms with E-state index in [1.807, 2.05) is 35.4 Å². The van der Waals surface area contributed by atoms with E-state index in [0.29, 0.717) is 42.7 Å². The number of anilines is 1. The molecule has 1 saturated carbocycles. The Hall–Kier alpha value is -2.94. The molecule has 1 amide bonds. The number of fused-ring (bicyclic) bond motifs is 1. The van der Waals surface area contributed by atoms with Crippen molar-refractivity contribution < 1.29 is 9.90 Å². The van der Waals surface area contributed by atoms with Crippen LogP contribution in [0.1, 0.15) is 25.7 Å². The fourth-order valence-corrected chi connectivity index (χ4v) is 5.55. The lowest BCUT2D eigenvalue weighted by Gasteiger charge is -2.42. The summed E-state index contributed by atoms with van der Waals surface area (Å²) in [5.41, 5.74) is 1.86. The van der Waals surface area contributed by atoms with Gasteiger partial charge in [-0.15, -0.1) is 0 Å². The number of aromatic amines is 1. The summed E-state index contributed by atoms with van der Waals surface area (Å²) in [6, 6.07) is 8.11. The predicted molar refractivity (Wildman–Crippen MR) is 138 cm³/mol. The standard InChI is InChI=1S/C26H31ClN6O2/c1-2-23(34)33-12-10-32(11-13-33)17-26(35)9-5-6-18(14-26)30-25-29-16-21(27)24(31-25)20-15-28-22-8-4-3-7-19(20)22/h2-4,7-8,15-16,18,28,35H,1,5-6,9-14,17H2,(H,29,30,31)/t18-,26-/m1/s1. The van der Waals surface area contributed by atoms with Crippen molar-refractivity contribution in [1.82, 2.24) is 24.8 Å². The van der Waals surface area contributed by atoms with E-state index >= 15 is 0 Å². The quantitative estimate of drug-likeness (QED) is 0.452. The second kappa shape index (κ2) is 9.97. The second-order valence-electron chi connectivity index (χ2n) is 9.61. The molecule has 0 unspecified atom stereocenters. The van der Waals surface area contributed by atoms with Crippen LogP contribution in [0, 0.1) is 0 Å². The number of benzene rings is 1. The first-order chi connectivity index (χ1) is 16.9. The lowest BCUT2D eigenvalue weighted by Crippen LogP contribution is -2.54. The summed E-state index contributed by atoms with van der Waals surface area (Å²) in [6.45, 7) is 7.02. The minimum absolute atomic E-state index is 0.0275. The zero-order chi connectivity index (χ0) is 24.4. The second-order valence-corrected chi connectivity index (χ2v) is 10.0. The Morgan fingerprint density at radius 3 is 2.91 bits per heavy atom. The Balaban J connectivity index is 1.25. The molecule has 3 N–H and O–H groups in total. The largest absolute Gasteiger partial charge is 0.388 e. The summed E-state index contributed by atoms with van der Waals surface area (Å²) in [5.74, 6) is 0.487. The molecule has 35 heavy (non-hydrogen) atoms. The Labute approximate surface area is 210 Å². The first-order valence-electron chi connectivity index (χ1n) is 12.2. The summed E-state index contributed by atoms with van der Waals surface area (Å²) < 4.78 is 0. The molecule has 8 nitrogen and oxygen atoms in total. The predicted octanol–water partition coefficient (Wildman–Crippen LogP) is 3.69. The van der Waals surface area contributed by atoms with Gasteiger partial charge in [0.25, 0.3) is 0 Å². The highest BCUT2D eigenvalue weighted by molar-refractivity contribution is 6.33. The van der Waals surface area contributed by atoms with Gasteiger partial charge in [-0.1, -0.05) is 36.4 Å². The Morgan fingerprint density at radius 1 is 1.31 bits per heavy atom. The highest BCUT2D eigenvalue weighted by atomic mass is 35.5. The number of aliphatic hydroxyl groups is 1. The Bertz CT molecular complexity index is 1220. The van der Waals surface area contributed by atoms with E-state index in [1.54, 1.807) is 6.20 Å². The zero-order valence-electron chi connectivity index (χ0n) is 19.7. The fraction of sp³-hybridized carbons (Fsp3) is 0.423. The lowest BCUT2D eigenvalue weighted by molar-refractivity contribution is -0.128. The van der Waals surface area contributed by atoms with Gasteiger partial charge in [-0.25, -0.2) is 9.97 Å². The molecule has 3 aromatic rings. The van der Waals surface area contributed by atoms with E-state index in [2.05, 4.69) is 26.8 Å². The maximum absolute atomic E-state index is 11.8. The molecule has 3 heterocycles. The van der Waals surface area contributed by atoms with E-state index in [9.17, 15) is 9.90 Å². The van der Waals surface area contributed by atoms with E-state index in [0.717, 1.165) is 48.8 Å². The third-order valence-corrected chi connectivity index (χ3v) is 7.40. The number of nitrogens with one attached hydrogen (secondary N) is 2. The van der Waals surface area contributed by atoms with E-state index in [-0.39, 0.29) is 11.9 Å². The number of hydrogen-bond acceptors (Lipinski definition) is 6. The van der Waals surface area contributed by atoms with Crippen LogP contribution in [0.4, 0.5) is 5.95 Å². The number of H-pyrrole nitrogens is 1. The highest BCUT2D eigenvalue weighted by Crippen LogP contribution is 2.34. The molecule has 184 valence electrons. The molecule has 1 aliphatic carbocycles. The van der Waals surface area contributed by atoms with Crippen molar-refractivity contribution in [1.29, 1.82) is 0 Å². The van der Waals surface area contributed by atoms with Crippen LogP contribution in [-0.4, -0.2) is 80.1 Å². The first kappa shape index (κ1) is 23.8. The van der Waals surface area contributed by atoms with Gasteiger partial charge in [-0.05, 0) is 37.8 Å². The number of aromatic nitrogens is 3. The van der Waals surface area contributed by atoms with Gasteiger partial charge < -0.3 is 20.3 Å². The fourth-order valence-electron chi connectivity index (χ4n) is 5.35. The van der Waals surface area contributed by atoms with Gasteiger partial charge in [-0.2, -0.15) is 0 Å². The van der Waals surface area contributed by atoms with Gasteiger partial charge in [0.1, 0.15) is 0 Å². The van der Waals surface area contributed by atoms with Crippen LogP contribution < -0.4 is 5.32 Å². The molecule has 1 saturated heterocycles. The number of amides is 1. The molecular weight excluding hydrogens is 464 g/mol. The van der Waals surface area contributed by atoms with Crippen LogP contribution in [0.15, 0.2) is 49.3 Å². The average molecular weight is 495 g/mol. The normalized spacial score (nSPS) is 23.4. The topological polar surface area (TPSA) is 97.4 Å². The van der Waals surface area contributed by atoms with Crippen LogP contribution in [-0.2, 0) is 4.79 Å². The zero-order valence-corrected chi connectivity index (χ0v) is 20.5. The van der Waals surface area contributed by atoms with Crippen molar-refractivity contribution in [3.63, 3.8) is 0 Å². The lowest BCUT2D eigenvalue weighted by atomic mass is 9.81. The van der Waals surface area contributed by atoms with Gasteiger partial charge in [0.05, 0.1) is 22.5 Å². The van der Waals surface area contributed by atoms with Gasteiger partial charge >= 0.3 is 0 Å². The van der Waals surface area contributed by atoms with E-state index < -0.39 is 5.60 Å². The molecule has 2 atom stereocenters. The number of carbonyl (C=O) groups is 1. The number of rotatable bonds is 6. The van der Waals surface area contributed by atoms with Gasteiger partial charge in [0.15, 0.2) is 0 Å². The number of piperazine rings is 1. The van der Waals surface area contributed by atoms with E-state index in [4.69, 9.17) is 16.6 Å². The molecule has 0 spiro atoms. The molecule has 1 aromatic carbocycles. The smallest absolute Gasteiger partial charge is 0.246 e. The minimum Gasteiger partial charge on any atom is -0.388 e. The van der Waals surface area contributed by atoms with Crippen molar-refractivity contribution in [2.24, 2.45) is 0 Å². The Morgan fingerprint density at radius 2 is 2.11 bits per heavy atom. The van der Waals surface area contributed by atoms with Crippen molar-refractivity contribution in [3.8, 4) is 11.3 Å². The molecule has 0 radical (unpaired) electrons. The first-order valence-corrected chi connectivity index (χ1v) is 12.5. The monoisotopic (exact) mass is 494 g/mol. The number of halogens is 1. The van der Waals surface area contributed by atoms with Gasteiger partial charge in [0.2, 0.25) is 11.9 Å². The number of β-amino-alcohol motifs (C(OH)–C–C–N with tert-alkyl or cyclic N) is 1. The van der Waals surface area contributed by atoms with Crippen LogP contribution >= 0.6 is 11.6 Å². The number of nitrogens with zero attached hydrogens (tertiary/aromatic N) is 4. The van der Waals surface area contributed by atoms with Crippen LogP contribution in [0.5, 0.6) is 0 Å². The summed E-state index contributed by atoms with van der Waals surface area (Å²) in [4.78, 5) is 28.3. The maximum atomic E-state index is 11.8. The van der Waals surface area contributed by atoms with Gasteiger partial charge in [0, 0.05) is 61.4 Å². The van der Waals surface area contributed by atoms with Crippen molar-refractivity contribution in [2.45, 2.75) is 37.3 Å². The Kier molecular flexibility index (Phi) is 6.77. The van der Waals surface area contributed by atoms with Crippen LogP contribution in [0.25, 0.3) is 22.2 Å². The van der Waals surface area contributed by atoms with Crippen molar-refractivity contribution >= 4 is 34.4 Å². The molecule has 9 heteroatoms. The number of para-hydroxylation sites is 1. The van der Waals surface area contributed by atoms with Crippen LogP contribution in [0.2, 0.25) is 5.02 Å². The summed E-state index contributed by atoms with van der Waals surface area (Å²) >= 11 is 6.48. The maximum Gasteiger partial charge on any atom is 0.246 e. The molecule has 2 fully saturated rings. The van der Waals surface area contributed by atoms with E-state index in [1.165, 1.54) is 6.08 Å². The summed E-state index contributed by atoms with van der Waals surface area (Å²) in [5, 5.41) is 16.4. The minimum atomic E-state index is -0.785. The average Bonchev–Trinajstić information content (AvgIpc) is 3.29. The molecule has 2 aliphatic rings. The molecule has 0 bridgehead atoms.